The molecule has 0 unspecified atom stereocenters. The topological polar surface area (TPSA) is 42.7 Å². The molecule has 1 N–H and O–H groups in total. The Morgan fingerprint density at radius 1 is 1.50 bits per heavy atom. The molecule has 2 heterocycles. The molecule has 12 heavy (non-hydrogen) atoms. The van der Waals surface area contributed by atoms with Gasteiger partial charge in [0.25, 0.3) is 0 Å². The summed E-state index contributed by atoms with van der Waals surface area (Å²) in [4.78, 5) is 3.91. The van der Waals surface area contributed by atoms with E-state index in [1.165, 1.54) is 19.3 Å². The highest BCUT2D eigenvalue weighted by Crippen LogP contribution is 2.07. The Morgan fingerprint density at radius 2 is 2.50 bits per heavy atom. The van der Waals surface area contributed by atoms with Crippen molar-refractivity contribution < 1.29 is 0 Å². The van der Waals surface area contributed by atoms with Gasteiger partial charge in [-0.05, 0) is 19.4 Å². The average Bonchev–Trinajstić information content (AvgIpc) is 2.59. The van der Waals surface area contributed by atoms with Crippen LogP contribution in [-0.4, -0.2) is 27.4 Å². The summed E-state index contributed by atoms with van der Waals surface area (Å²) in [5.41, 5.74) is 0. The molecule has 0 radical (unpaired) electrons. The van der Waals surface area contributed by atoms with Gasteiger partial charge in [-0.1, -0.05) is 6.42 Å². The molecule has 0 aliphatic carbocycles. The molecule has 0 amide bonds. The zero-order valence-electron chi connectivity index (χ0n) is 7.11. The molecule has 4 heteroatoms. The van der Waals surface area contributed by atoms with Crippen LogP contribution >= 0.6 is 0 Å². The van der Waals surface area contributed by atoms with Crippen molar-refractivity contribution in [3.63, 3.8) is 0 Å². The second-order valence-corrected chi connectivity index (χ2v) is 3.26. The van der Waals surface area contributed by atoms with Crippen LogP contribution in [0.3, 0.4) is 0 Å². The van der Waals surface area contributed by atoms with Gasteiger partial charge in [-0.15, -0.1) is 0 Å². The second kappa shape index (κ2) is 3.67. The Labute approximate surface area is 72.0 Å². The van der Waals surface area contributed by atoms with Crippen LogP contribution < -0.4 is 5.32 Å². The van der Waals surface area contributed by atoms with E-state index in [0.29, 0.717) is 6.04 Å². The molecule has 1 aromatic heterocycles. The van der Waals surface area contributed by atoms with Gasteiger partial charge < -0.3 is 5.32 Å². The van der Waals surface area contributed by atoms with E-state index in [4.69, 9.17) is 0 Å². The summed E-state index contributed by atoms with van der Waals surface area (Å²) in [6.45, 7) is 2.11. The van der Waals surface area contributed by atoms with Crippen LogP contribution in [0, 0.1) is 0 Å². The van der Waals surface area contributed by atoms with Crippen LogP contribution in [0.25, 0.3) is 0 Å². The first-order valence-corrected chi connectivity index (χ1v) is 4.51. The van der Waals surface area contributed by atoms with E-state index >= 15 is 0 Å². The first-order chi connectivity index (χ1) is 5.95. The third kappa shape index (κ3) is 1.82. The molecule has 1 aliphatic rings. The summed E-state index contributed by atoms with van der Waals surface area (Å²) in [7, 11) is 0. The van der Waals surface area contributed by atoms with Crippen LogP contribution in [0.15, 0.2) is 12.7 Å². The zero-order valence-corrected chi connectivity index (χ0v) is 7.11. The standard InChI is InChI=1S/C8H14N4/c1-2-4-10-8(3-1)5-12-7-9-6-11-12/h6-8,10H,1-5H2/t8-/m0/s1. The Morgan fingerprint density at radius 3 is 3.17 bits per heavy atom. The van der Waals surface area contributed by atoms with E-state index in [1.54, 1.807) is 12.7 Å². The molecule has 2 rings (SSSR count). The molecule has 1 saturated heterocycles. The first-order valence-electron chi connectivity index (χ1n) is 4.51. The van der Waals surface area contributed by atoms with Gasteiger partial charge in [-0.25, -0.2) is 4.98 Å². The number of hydrogen-bond acceptors (Lipinski definition) is 3. The lowest BCUT2D eigenvalue weighted by molar-refractivity contribution is 0.351. The fourth-order valence-corrected chi connectivity index (χ4v) is 1.63. The smallest absolute Gasteiger partial charge is 0.137 e. The third-order valence-corrected chi connectivity index (χ3v) is 2.29. The predicted molar refractivity (Wildman–Crippen MR) is 45.7 cm³/mol. The van der Waals surface area contributed by atoms with Crippen LogP contribution in [-0.2, 0) is 6.54 Å². The van der Waals surface area contributed by atoms with E-state index in [0.717, 1.165) is 13.1 Å². The number of nitrogens with zero attached hydrogens (tertiary/aromatic N) is 3. The van der Waals surface area contributed by atoms with E-state index in [9.17, 15) is 0 Å². The molecular formula is C8H14N4. The number of rotatable bonds is 2. The highest BCUT2D eigenvalue weighted by Gasteiger charge is 2.12. The minimum atomic E-state index is 0.598. The molecule has 1 aliphatic heterocycles. The molecule has 66 valence electrons. The van der Waals surface area contributed by atoms with Crippen LogP contribution in [0.2, 0.25) is 0 Å². The maximum absolute atomic E-state index is 4.08. The lowest BCUT2D eigenvalue weighted by Gasteiger charge is -2.22. The minimum Gasteiger partial charge on any atom is -0.312 e. The van der Waals surface area contributed by atoms with Gasteiger partial charge >= 0.3 is 0 Å². The van der Waals surface area contributed by atoms with Crippen molar-refractivity contribution in [2.24, 2.45) is 0 Å². The van der Waals surface area contributed by atoms with Gasteiger partial charge in [-0.3, -0.25) is 4.68 Å². The van der Waals surface area contributed by atoms with Gasteiger partial charge in [0.1, 0.15) is 12.7 Å². The van der Waals surface area contributed by atoms with Crippen molar-refractivity contribution in [3.05, 3.63) is 12.7 Å². The van der Waals surface area contributed by atoms with Crippen molar-refractivity contribution >= 4 is 0 Å². The number of nitrogens with one attached hydrogen (secondary N) is 1. The van der Waals surface area contributed by atoms with E-state index in [1.807, 2.05) is 4.68 Å². The fourth-order valence-electron chi connectivity index (χ4n) is 1.63. The lowest BCUT2D eigenvalue weighted by atomic mass is 10.1. The first kappa shape index (κ1) is 7.73. The summed E-state index contributed by atoms with van der Waals surface area (Å²) in [5, 5.41) is 7.54. The van der Waals surface area contributed by atoms with Gasteiger partial charge in [0.2, 0.25) is 0 Å². The highest BCUT2D eigenvalue weighted by molar-refractivity contribution is 4.72. The minimum absolute atomic E-state index is 0.598. The Balaban J connectivity index is 1.86. The van der Waals surface area contributed by atoms with Crippen molar-refractivity contribution in [1.29, 1.82) is 0 Å². The zero-order chi connectivity index (χ0) is 8.23. The highest BCUT2D eigenvalue weighted by atomic mass is 15.3. The monoisotopic (exact) mass is 166 g/mol. The molecular weight excluding hydrogens is 152 g/mol. The third-order valence-electron chi connectivity index (χ3n) is 2.29. The number of aromatic nitrogens is 3. The molecule has 0 spiro atoms. The summed E-state index contributed by atoms with van der Waals surface area (Å²) in [5.74, 6) is 0. The Hall–Kier alpha value is -0.900. The van der Waals surface area contributed by atoms with Crippen LogP contribution in [0.1, 0.15) is 19.3 Å². The molecule has 4 nitrogen and oxygen atoms in total. The summed E-state index contributed by atoms with van der Waals surface area (Å²) in [6, 6.07) is 0.598. The van der Waals surface area contributed by atoms with E-state index in [-0.39, 0.29) is 0 Å². The Bertz CT molecular complexity index is 213. The van der Waals surface area contributed by atoms with Crippen LogP contribution in [0.5, 0.6) is 0 Å². The summed E-state index contributed by atoms with van der Waals surface area (Å²) < 4.78 is 1.89. The lowest BCUT2D eigenvalue weighted by Crippen LogP contribution is -2.37. The summed E-state index contributed by atoms with van der Waals surface area (Å²) >= 11 is 0. The summed E-state index contributed by atoms with van der Waals surface area (Å²) in [6.07, 6.45) is 7.28. The van der Waals surface area contributed by atoms with Crippen LogP contribution in [0.4, 0.5) is 0 Å². The van der Waals surface area contributed by atoms with Gasteiger partial charge in [0.15, 0.2) is 0 Å². The van der Waals surface area contributed by atoms with Gasteiger partial charge in [0, 0.05) is 6.04 Å². The van der Waals surface area contributed by atoms with Gasteiger partial charge in [0.05, 0.1) is 6.54 Å². The Kier molecular flexibility index (Phi) is 2.36. The average molecular weight is 166 g/mol. The molecule has 0 bridgehead atoms. The van der Waals surface area contributed by atoms with Crippen molar-refractivity contribution in [1.82, 2.24) is 20.1 Å². The van der Waals surface area contributed by atoms with Crippen molar-refractivity contribution in [3.8, 4) is 0 Å². The maximum Gasteiger partial charge on any atom is 0.137 e. The van der Waals surface area contributed by atoms with Gasteiger partial charge in [-0.2, -0.15) is 5.10 Å². The number of hydrogen-bond donors (Lipinski definition) is 1. The SMILES string of the molecule is c1ncn(C[C@@H]2CCCCN2)n1. The van der Waals surface area contributed by atoms with E-state index in [2.05, 4.69) is 15.4 Å². The largest absolute Gasteiger partial charge is 0.312 e. The van der Waals surface area contributed by atoms with E-state index < -0.39 is 0 Å². The number of piperidine rings is 1. The normalized spacial score (nSPS) is 24.2. The fraction of sp³-hybridized carbons (Fsp3) is 0.750. The molecule has 1 atom stereocenters. The molecule has 0 aromatic carbocycles. The second-order valence-electron chi connectivity index (χ2n) is 3.26. The molecule has 1 fully saturated rings. The van der Waals surface area contributed by atoms with Crippen molar-refractivity contribution in [2.45, 2.75) is 31.8 Å². The maximum atomic E-state index is 4.08. The molecule has 1 aromatic rings. The van der Waals surface area contributed by atoms with Crippen molar-refractivity contribution in [2.75, 3.05) is 6.54 Å². The predicted octanol–water partition coefficient (Wildman–Crippen LogP) is 0.420. The molecule has 0 saturated carbocycles. The quantitative estimate of drug-likeness (QED) is 0.692.